The number of methoxy groups -OCH3 is 1. The summed E-state index contributed by atoms with van der Waals surface area (Å²) >= 11 is 1.56. The van der Waals surface area contributed by atoms with E-state index in [-0.39, 0.29) is 5.82 Å². The summed E-state index contributed by atoms with van der Waals surface area (Å²) in [6.45, 7) is 3.76. The molecular weight excluding hydrogens is 399 g/mol. The summed E-state index contributed by atoms with van der Waals surface area (Å²) in [7, 11) is 1.61. The fourth-order valence-corrected chi connectivity index (χ4v) is 4.72. The Morgan fingerprint density at radius 1 is 1.00 bits per heavy atom. The lowest BCUT2D eigenvalue weighted by molar-refractivity contribution is 0.213. The van der Waals surface area contributed by atoms with Gasteiger partial charge in [0.1, 0.15) is 17.4 Å². The van der Waals surface area contributed by atoms with Gasteiger partial charge in [-0.15, -0.1) is 10.2 Å². The molecule has 1 saturated heterocycles. The van der Waals surface area contributed by atoms with Gasteiger partial charge in [-0.25, -0.2) is 4.39 Å². The number of piperidine rings is 1. The zero-order valence-electron chi connectivity index (χ0n) is 17.3. The Bertz CT molecular complexity index is 957. The van der Waals surface area contributed by atoms with Crippen LogP contribution < -0.4 is 4.74 Å². The minimum Gasteiger partial charge on any atom is -0.496 e. The number of rotatable bonds is 8. The maximum Gasteiger partial charge on any atom is 0.191 e. The van der Waals surface area contributed by atoms with Gasteiger partial charge in [0.25, 0.3) is 0 Å². The molecule has 5 nitrogen and oxygen atoms in total. The van der Waals surface area contributed by atoms with Crippen LogP contribution in [0.4, 0.5) is 4.39 Å². The van der Waals surface area contributed by atoms with Gasteiger partial charge in [0, 0.05) is 11.3 Å². The van der Waals surface area contributed by atoms with Crippen molar-refractivity contribution in [2.75, 3.05) is 20.2 Å². The molecule has 1 aliphatic heterocycles. The van der Waals surface area contributed by atoms with Crippen LogP contribution in [0.3, 0.4) is 0 Å². The van der Waals surface area contributed by atoms with Gasteiger partial charge in [-0.3, -0.25) is 4.90 Å². The van der Waals surface area contributed by atoms with E-state index in [1.165, 1.54) is 37.0 Å². The Morgan fingerprint density at radius 2 is 1.80 bits per heavy atom. The molecule has 0 radical (unpaired) electrons. The highest BCUT2D eigenvalue weighted by Gasteiger charge is 2.18. The molecule has 4 rings (SSSR count). The molecular formula is C23H27FN4OS. The van der Waals surface area contributed by atoms with Crippen molar-refractivity contribution in [3.63, 3.8) is 0 Å². The molecule has 1 aliphatic rings. The molecule has 2 aromatic carbocycles. The quantitative estimate of drug-likeness (QED) is 0.486. The summed E-state index contributed by atoms with van der Waals surface area (Å²) in [6, 6.07) is 15.0. The summed E-state index contributed by atoms with van der Waals surface area (Å²) in [4.78, 5) is 2.46. The fraction of sp³-hybridized carbons (Fsp3) is 0.391. The Balaban J connectivity index is 1.56. The van der Waals surface area contributed by atoms with Crippen molar-refractivity contribution >= 4 is 11.8 Å². The van der Waals surface area contributed by atoms with Crippen LogP contribution in [0.2, 0.25) is 0 Å². The predicted molar refractivity (Wildman–Crippen MR) is 117 cm³/mol. The van der Waals surface area contributed by atoms with E-state index < -0.39 is 0 Å². The van der Waals surface area contributed by atoms with E-state index >= 15 is 0 Å². The van der Waals surface area contributed by atoms with Gasteiger partial charge in [0.15, 0.2) is 5.16 Å². The van der Waals surface area contributed by atoms with Crippen molar-refractivity contribution in [1.82, 2.24) is 19.7 Å². The van der Waals surface area contributed by atoms with E-state index in [0.29, 0.717) is 11.5 Å². The first kappa shape index (κ1) is 20.9. The first-order valence-electron chi connectivity index (χ1n) is 10.4. The molecule has 158 valence electrons. The third-order valence-electron chi connectivity index (χ3n) is 5.39. The second-order valence-corrected chi connectivity index (χ2v) is 8.49. The molecule has 0 spiro atoms. The van der Waals surface area contributed by atoms with Gasteiger partial charge in [-0.05, 0) is 49.7 Å². The van der Waals surface area contributed by atoms with Crippen molar-refractivity contribution in [2.24, 2.45) is 0 Å². The zero-order valence-corrected chi connectivity index (χ0v) is 18.1. The van der Waals surface area contributed by atoms with Crippen molar-refractivity contribution in [3.05, 3.63) is 71.3 Å². The van der Waals surface area contributed by atoms with Crippen LogP contribution in [-0.2, 0) is 18.8 Å². The molecule has 30 heavy (non-hydrogen) atoms. The van der Waals surface area contributed by atoms with Crippen molar-refractivity contribution < 1.29 is 9.13 Å². The molecule has 2 heterocycles. The normalized spacial score (nSPS) is 14.7. The number of halogens is 1. The second kappa shape index (κ2) is 10.1. The molecule has 1 aromatic heterocycles. The Morgan fingerprint density at radius 3 is 2.57 bits per heavy atom. The van der Waals surface area contributed by atoms with Crippen LogP contribution in [0.25, 0.3) is 0 Å². The second-order valence-electron chi connectivity index (χ2n) is 7.55. The number of benzene rings is 2. The number of nitrogens with zero attached hydrogens (tertiary/aromatic N) is 4. The van der Waals surface area contributed by atoms with Crippen LogP contribution in [0.1, 0.15) is 36.2 Å². The number of likely N-dealkylation sites (tertiary alicyclic amines) is 1. The van der Waals surface area contributed by atoms with E-state index in [9.17, 15) is 4.39 Å². The van der Waals surface area contributed by atoms with Gasteiger partial charge in [0.2, 0.25) is 0 Å². The third-order valence-corrected chi connectivity index (χ3v) is 6.41. The van der Waals surface area contributed by atoms with Gasteiger partial charge in [-0.2, -0.15) is 0 Å². The van der Waals surface area contributed by atoms with Crippen molar-refractivity contribution in [1.29, 1.82) is 0 Å². The lowest BCUT2D eigenvalue weighted by Gasteiger charge is -2.26. The average molecular weight is 427 g/mol. The van der Waals surface area contributed by atoms with E-state index in [2.05, 4.69) is 43.9 Å². The highest BCUT2D eigenvalue weighted by atomic mass is 32.2. The third kappa shape index (κ3) is 5.21. The van der Waals surface area contributed by atoms with E-state index in [1.54, 1.807) is 24.9 Å². The summed E-state index contributed by atoms with van der Waals surface area (Å²) < 4.78 is 21.3. The summed E-state index contributed by atoms with van der Waals surface area (Å²) in [5.41, 5.74) is 2.02. The number of ether oxygens (including phenoxy) is 1. The zero-order chi connectivity index (χ0) is 20.8. The lowest BCUT2D eigenvalue weighted by atomic mass is 10.1. The molecule has 0 bridgehead atoms. The van der Waals surface area contributed by atoms with E-state index in [4.69, 9.17) is 4.74 Å². The molecule has 0 aliphatic carbocycles. The van der Waals surface area contributed by atoms with Crippen LogP contribution >= 0.6 is 11.8 Å². The average Bonchev–Trinajstić information content (AvgIpc) is 3.15. The maximum absolute atomic E-state index is 13.7. The van der Waals surface area contributed by atoms with Crippen LogP contribution in [0.15, 0.2) is 53.7 Å². The standard InChI is InChI=1S/C23H27FN4OS/c1-29-21-11-10-20(24)14-19(21)17-30-23-26-25-22(16-27-12-6-3-7-13-27)28(23)15-18-8-4-2-5-9-18/h2,4-5,8-11,14H,3,6-7,12-13,15-17H2,1H3. The molecule has 0 atom stereocenters. The van der Waals surface area contributed by atoms with Gasteiger partial charge in [-0.1, -0.05) is 48.5 Å². The Hall–Kier alpha value is -2.38. The molecule has 0 unspecified atom stereocenters. The molecule has 0 saturated carbocycles. The van der Waals surface area contributed by atoms with E-state index in [0.717, 1.165) is 42.7 Å². The lowest BCUT2D eigenvalue weighted by Crippen LogP contribution is -2.30. The van der Waals surface area contributed by atoms with Crippen molar-refractivity contribution in [3.8, 4) is 5.75 Å². The molecule has 7 heteroatoms. The summed E-state index contributed by atoms with van der Waals surface area (Å²) in [6.07, 6.45) is 3.80. The Kier molecular flexibility index (Phi) is 7.02. The molecule has 3 aromatic rings. The van der Waals surface area contributed by atoms with E-state index in [1.807, 2.05) is 6.07 Å². The number of thioether (sulfide) groups is 1. The summed E-state index contributed by atoms with van der Waals surface area (Å²) in [5, 5.41) is 9.85. The van der Waals surface area contributed by atoms with Crippen LogP contribution in [-0.4, -0.2) is 39.9 Å². The topological polar surface area (TPSA) is 43.2 Å². The largest absolute Gasteiger partial charge is 0.496 e. The number of hydrogen-bond donors (Lipinski definition) is 0. The van der Waals surface area contributed by atoms with Gasteiger partial charge < -0.3 is 9.30 Å². The first-order chi connectivity index (χ1) is 14.7. The highest BCUT2D eigenvalue weighted by molar-refractivity contribution is 7.98. The SMILES string of the molecule is COc1ccc(F)cc1CSc1nnc(CN2CCCCC2)n1Cc1ccccc1. The minimum atomic E-state index is -0.261. The van der Waals surface area contributed by atoms with Crippen LogP contribution in [0.5, 0.6) is 5.75 Å². The molecule has 0 N–H and O–H groups in total. The monoisotopic (exact) mass is 426 g/mol. The predicted octanol–water partition coefficient (Wildman–Crippen LogP) is 4.75. The smallest absolute Gasteiger partial charge is 0.191 e. The minimum absolute atomic E-state index is 0.261. The number of hydrogen-bond acceptors (Lipinski definition) is 5. The molecule has 1 fully saturated rings. The summed E-state index contributed by atoms with van der Waals surface area (Å²) in [5.74, 6) is 1.97. The Labute approximate surface area is 181 Å². The maximum atomic E-state index is 13.7. The molecule has 0 amide bonds. The van der Waals surface area contributed by atoms with Crippen molar-refractivity contribution in [2.45, 2.75) is 43.3 Å². The van der Waals surface area contributed by atoms with Gasteiger partial charge in [0.05, 0.1) is 20.2 Å². The fourth-order valence-electron chi connectivity index (χ4n) is 3.79. The van der Waals surface area contributed by atoms with Crippen LogP contribution in [0, 0.1) is 5.82 Å². The van der Waals surface area contributed by atoms with Gasteiger partial charge >= 0.3 is 0 Å². The first-order valence-corrected chi connectivity index (χ1v) is 11.3. The highest BCUT2D eigenvalue weighted by Crippen LogP contribution is 2.29. The number of aromatic nitrogens is 3.